The highest BCUT2D eigenvalue weighted by Gasteiger charge is 2.80. The number of hydrogen-bond donors (Lipinski definition) is 1. The molecular formula is C12H17NO2. The molecule has 82 valence electrons. The van der Waals surface area contributed by atoms with E-state index in [4.69, 9.17) is 10.5 Å². The van der Waals surface area contributed by atoms with Gasteiger partial charge in [-0.3, -0.25) is 4.79 Å². The Labute approximate surface area is 89.3 Å². The van der Waals surface area contributed by atoms with Crippen molar-refractivity contribution >= 4 is 5.97 Å². The predicted molar refractivity (Wildman–Crippen MR) is 53.7 cm³/mol. The van der Waals surface area contributed by atoms with Gasteiger partial charge in [0.15, 0.2) is 0 Å². The third-order valence-electron chi connectivity index (χ3n) is 5.55. The molecule has 5 saturated carbocycles. The summed E-state index contributed by atoms with van der Waals surface area (Å²) in [6.45, 7) is 2.36. The molecule has 2 N–H and O–H groups in total. The molecule has 5 rings (SSSR count). The third-order valence-corrected chi connectivity index (χ3v) is 5.55. The van der Waals surface area contributed by atoms with Gasteiger partial charge in [0.05, 0.1) is 12.5 Å². The summed E-state index contributed by atoms with van der Waals surface area (Å²) in [5.41, 5.74) is 6.23. The molecule has 3 heteroatoms. The number of carbonyl (C=O) groups excluding carboxylic acids is 1. The van der Waals surface area contributed by atoms with Gasteiger partial charge in [0.25, 0.3) is 0 Å². The SMILES string of the molecule is CCOC(=O)[C@@H]1C2C3CC4C2C4C3[C@@H]1N. The second-order valence-electron chi connectivity index (χ2n) is 5.73. The summed E-state index contributed by atoms with van der Waals surface area (Å²) >= 11 is 0. The van der Waals surface area contributed by atoms with Gasteiger partial charge in [-0.2, -0.15) is 0 Å². The van der Waals surface area contributed by atoms with E-state index < -0.39 is 0 Å². The summed E-state index contributed by atoms with van der Waals surface area (Å²) in [5.74, 6) is 4.75. The van der Waals surface area contributed by atoms with E-state index in [0.29, 0.717) is 18.4 Å². The number of rotatable bonds is 2. The number of esters is 1. The van der Waals surface area contributed by atoms with E-state index in [1.165, 1.54) is 6.42 Å². The Kier molecular flexibility index (Phi) is 1.37. The molecule has 6 unspecified atom stereocenters. The minimum absolute atomic E-state index is 0.0199. The number of ether oxygens (including phenoxy) is 1. The van der Waals surface area contributed by atoms with E-state index >= 15 is 0 Å². The molecule has 3 nitrogen and oxygen atoms in total. The van der Waals surface area contributed by atoms with Gasteiger partial charge in [0.1, 0.15) is 0 Å². The largest absolute Gasteiger partial charge is 0.466 e. The molecular weight excluding hydrogens is 190 g/mol. The standard InChI is InChI=1S/C12H17NO2/c1-2-15-12(14)10-8-5-3-4-6(8)7(4)9(5)11(10)13/h4-11H,2-3,13H2,1H3/t4?,5?,6?,7?,8?,9?,10-,11+/m1/s1. The fraction of sp³-hybridized carbons (Fsp3) is 0.917. The zero-order valence-corrected chi connectivity index (χ0v) is 8.93. The van der Waals surface area contributed by atoms with Gasteiger partial charge < -0.3 is 10.5 Å². The molecule has 0 aliphatic heterocycles. The number of hydrogen-bond acceptors (Lipinski definition) is 3. The Morgan fingerprint density at radius 1 is 1.27 bits per heavy atom. The van der Waals surface area contributed by atoms with Crippen molar-refractivity contribution in [2.75, 3.05) is 6.61 Å². The van der Waals surface area contributed by atoms with Crippen LogP contribution in [0.2, 0.25) is 0 Å². The smallest absolute Gasteiger partial charge is 0.310 e. The fourth-order valence-corrected chi connectivity index (χ4v) is 5.38. The van der Waals surface area contributed by atoms with E-state index in [0.717, 1.165) is 23.7 Å². The lowest BCUT2D eigenvalue weighted by Gasteiger charge is -2.25. The molecule has 0 aromatic rings. The van der Waals surface area contributed by atoms with E-state index in [2.05, 4.69) is 0 Å². The Hall–Kier alpha value is -0.570. The first kappa shape index (κ1) is 8.57. The maximum absolute atomic E-state index is 11.9. The van der Waals surface area contributed by atoms with E-state index in [-0.39, 0.29) is 17.9 Å². The van der Waals surface area contributed by atoms with Crippen LogP contribution in [-0.4, -0.2) is 18.6 Å². The molecule has 0 amide bonds. The van der Waals surface area contributed by atoms with Crippen LogP contribution in [0, 0.1) is 41.4 Å². The summed E-state index contributed by atoms with van der Waals surface area (Å²) in [6, 6.07) is 0.104. The zero-order chi connectivity index (χ0) is 10.3. The second-order valence-corrected chi connectivity index (χ2v) is 5.73. The van der Waals surface area contributed by atoms with Gasteiger partial charge in [0.2, 0.25) is 0 Å². The molecule has 5 aliphatic rings. The molecule has 0 radical (unpaired) electrons. The Morgan fingerprint density at radius 2 is 1.93 bits per heavy atom. The summed E-state index contributed by atoms with van der Waals surface area (Å²) in [7, 11) is 0. The van der Waals surface area contributed by atoms with Crippen LogP contribution in [0.5, 0.6) is 0 Å². The van der Waals surface area contributed by atoms with Gasteiger partial charge in [-0.1, -0.05) is 0 Å². The lowest BCUT2D eigenvalue weighted by atomic mass is 9.85. The van der Waals surface area contributed by atoms with Crippen molar-refractivity contribution in [1.29, 1.82) is 0 Å². The van der Waals surface area contributed by atoms with Crippen LogP contribution in [0.3, 0.4) is 0 Å². The van der Waals surface area contributed by atoms with Gasteiger partial charge in [-0.05, 0) is 48.9 Å². The van der Waals surface area contributed by atoms with Crippen LogP contribution >= 0.6 is 0 Å². The fourth-order valence-electron chi connectivity index (χ4n) is 5.38. The van der Waals surface area contributed by atoms with Crippen LogP contribution in [0.1, 0.15) is 13.3 Å². The van der Waals surface area contributed by atoms with Crippen LogP contribution in [0.15, 0.2) is 0 Å². The minimum Gasteiger partial charge on any atom is -0.466 e. The van der Waals surface area contributed by atoms with Crippen molar-refractivity contribution in [3.8, 4) is 0 Å². The van der Waals surface area contributed by atoms with Crippen LogP contribution in [0.25, 0.3) is 0 Å². The van der Waals surface area contributed by atoms with E-state index in [9.17, 15) is 4.79 Å². The minimum atomic E-state index is -0.0199. The quantitative estimate of drug-likeness (QED) is 0.676. The predicted octanol–water partition coefficient (Wildman–Crippen LogP) is 0.635. The van der Waals surface area contributed by atoms with Crippen molar-refractivity contribution in [2.24, 2.45) is 47.2 Å². The highest BCUT2D eigenvalue weighted by molar-refractivity contribution is 5.75. The highest BCUT2D eigenvalue weighted by atomic mass is 16.5. The number of nitrogens with two attached hydrogens (primary N) is 1. The van der Waals surface area contributed by atoms with Gasteiger partial charge >= 0.3 is 5.97 Å². The number of carbonyl (C=O) groups is 1. The van der Waals surface area contributed by atoms with Crippen molar-refractivity contribution in [3.05, 3.63) is 0 Å². The van der Waals surface area contributed by atoms with Gasteiger partial charge in [0, 0.05) is 6.04 Å². The molecule has 5 aliphatic carbocycles. The Balaban J connectivity index is 1.65. The van der Waals surface area contributed by atoms with Crippen molar-refractivity contribution in [2.45, 2.75) is 19.4 Å². The molecule has 15 heavy (non-hydrogen) atoms. The maximum atomic E-state index is 11.9. The second kappa shape index (κ2) is 2.40. The van der Waals surface area contributed by atoms with Crippen molar-refractivity contribution in [1.82, 2.24) is 0 Å². The zero-order valence-electron chi connectivity index (χ0n) is 8.93. The van der Waals surface area contributed by atoms with E-state index in [1.54, 1.807) is 0 Å². The lowest BCUT2D eigenvalue weighted by molar-refractivity contribution is -0.150. The van der Waals surface area contributed by atoms with Gasteiger partial charge in [-0.15, -0.1) is 0 Å². The topological polar surface area (TPSA) is 52.3 Å². The molecule has 5 fully saturated rings. The first-order chi connectivity index (χ1) is 7.25. The Morgan fingerprint density at radius 3 is 2.53 bits per heavy atom. The highest BCUT2D eigenvalue weighted by Crippen LogP contribution is 2.81. The normalized spacial score (nSPS) is 62.3. The molecule has 0 spiro atoms. The van der Waals surface area contributed by atoms with Crippen LogP contribution in [0.4, 0.5) is 0 Å². The van der Waals surface area contributed by atoms with Gasteiger partial charge in [-0.25, -0.2) is 0 Å². The van der Waals surface area contributed by atoms with Crippen LogP contribution < -0.4 is 5.73 Å². The molecule has 0 aromatic carbocycles. The summed E-state index contributed by atoms with van der Waals surface area (Å²) in [5, 5.41) is 0. The van der Waals surface area contributed by atoms with Crippen LogP contribution in [-0.2, 0) is 9.53 Å². The summed E-state index contributed by atoms with van der Waals surface area (Å²) in [6.07, 6.45) is 1.36. The summed E-state index contributed by atoms with van der Waals surface area (Å²) < 4.78 is 5.16. The van der Waals surface area contributed by atoms with Crippen molar-refractivity contribution < 1.29 is 9.53 Å². The first-order valence-corrected chi connectivity index (χ1v) is 6.18. The Bertz CT molecular complexity index is 343. The molecule has 6 bridgehead atoms. The van der Waals surface area contributed by atoms with E-state index in [1.807, 2.05) is 6.92 Å². The molecule has 0 aromatic heterocycles. The van der Waals surface area contributed by atoms with Crippen molar-refractivity contribution in [3.63, 3.8) is 0 Å². The summed E-state index contributed by atoms with van der Waals surface area (Å²) in [4.78, 5) is 11.9. The average molecular weight is 207 g/mol. The monoisotopic (exact) mass is 207 g/mol. The average Bonchev–Trinajstić information content (AvgIpc) is 2.57. The molecule has 0 heterocycles. The maximum Gasteiger partial charge on any atom is 0.310 e. The lowest BCUT2D eigenvalue weighted by Crippen LogP contribution is -2.42. The first-order valence-electron chi connectivity index (χ1n) is 6.18. The molecule has 0 saturated heterocycles. The third kappa shape index (κ3) is 0.748. The molecule has 8 atom stereocenters.